The number of pyridine rings is 1. The molecule has 2 heterocycles. The zero-order valence-electron chi connectivity index (χ0n) is 18.2. The highest BCUT2D eigenvalue weighted by Crippen LogP contribution is 2.45. The van der Waals surface area contributed by atoms with E-state index in [0.29, 0.717) is 35.6 Å². The van der Waals surface area contributed by atoms with Crippen LogP contribution in [0.15, 0.2) is 48.3 Å². The predicted molar refractivity (Wildman–Crippen MR) is 115 cm³/mol. The maximum Gasteiger partial charge on any atom is 0.295 e. The first kappa shape index (κ1) is 22.3. The number of amides is 1. The van der Waals surface area contributed by atoms with E-state index in [2.05, 4.69) is 4.98 Å². The summed E-state index contributed by atoms with van der Waals surface area (Å²) in [5.74, 6) is -0.704. The minimum Gasteiger partial charge on any atom is -0.507 e. The summed E-state index contributed by atoms with van der Waals surface area (Å²) in [6.45, 7) is 1.20. The minimum absolute atomic E-state index is 0.0277. The number of hydrogen-bond donors (Lipinski definition) is 2. The van der Waals surface area contributed by atoms with Crippen LogP contribution < -0.4 is 14.4 Å². The van der Waals surface area contributed by atoms with Gasteiger partial charge in [-0.05, 0) is 18.2 Å². The molecule has 0 spiro atoms. The Labute approximate surface area is 181 Å². The van der Waals surface area contributed by atoms with Crippen molar-refractivity contribution in [3.63, 3.8) is 0 Å². The van der Waals surface area contributed by atoms with Crippen LogP contribution in [-0.2, 0) is 9.59 Å². The summed E-state index contributed by atoms with van der Waals surface area (Å²) in [4.78, 5) is 32.8. The van der Waals surface area contributed by atoms with Gasteiger partial charge in [0.2, 0.25) is 0 Å². The number of Topliss-reactive ketones (excluding diaryl/α,β-unsaturated/α-hetero) is 1. The number of hydrogen-bond acceptors (Lipinski definition) is 6. The zero-order valence-corrected chi connectivity index (χ0v) is 18.2. The van der Waals surface area contributed by atoms with Crippen LogP contribution in [-0.4, -0.2) is 68.1 Å². The second-order valence-electron chi connectivity index (χ2n) is 7.62. The number of para-hydroxylation sites is 1. The first-order valence-electron chi connectivity index (χ1n) is 10.1. The molecule has 164 valence electrons. The summed E-state index contributed by atoms with van der Waals surface area (Å²) in [5.41, 5.74) is 1.02. The van der Waals surface area contributed by atoms with Gasteiger partial charge in [-0.25, -0.2) is 0 Å². The lowest BCUT2D eigenvalue weighted by Gasteiger charge is -2.27. The van der Waals surface area contributed by atoms with Crippen LogP contribution in [0.2, 0.25) is 0 Å². The molecule has 2 N–H and O–H groups in total. The van der Waals surface area contributed by atoms with E-state index in [-0.39, 0.29) is 11.3 Å². The van der Waals surface area contributed by atoms with Gasteiger partial charge in [0.1, 0.15) is 5.76 Å². The van der Waals surface area contributed by atoms with Crippen molar-refractivity contribution in [2.24, 2.45) is 0 Å². The third-order valence-electron chi connectivity index (χ3n) is 5.30. The van der Waals surface area contributed by atoms with Gasteiger partial charge in [0, 0.05) is 36.5 Å². The third-order valence-corrected chi connectivity index (χ3v) is 5.30. The van der Waals surface area contributed by atoms with E-state index < -0.39 is 17.7 Å². The van der Waals surface area contributed by atoms with E-state index in [9.17, 15) is 14.7 Å². The van der Waals surface area contributed by atoms with Crippen LogP contribution in [0.3, 0.4) is 0 Å². The third kappa shape index (κ3) is 4.39. The molecule has 0 unspecified atom stereocenters. The SMILES string of the molecule is COc1cccc([C@H]2C(=C(O)c3ccncc3)C(=O)C(=O)N2CCC[NH+](C)C)c1OC. The average molecular weight is 426 g/mol. The van der Waals surface area contributed by atoms with E-state index in [1.165, 1.54) is 36.4 Å². The smallest absolute Gasteiger partial charge is 0.295 e. The molecule has 0 bridgehead atoms. The van der Waals surface area contributed by atoms with Crippen LogP contribution in [0.5, 0.6) is 11.5 Å². The molecule has 1 aromatic carbocycles. The van der Waals surface area contributed by atoms with E-state index >= 15 is 0 Å². The van der Waals surface area contributed by atoms with Crippen molar-refractivity contribution >= 4 is 17.4 Å². The van der Waals surface area contributed by atoms with E-state index in [1.807, 2.05) is 14.1 Å². The normalized spacial score (nSPS) is 18.0. The number of carbonyl (C=O) groups excluding carboxylic acids is 2. The highest BCUT2D eigenvalue weighted by Gasteiger charge is 2.47. The number of aliphatic hydroxyl groups excluding tert-OH is 1. The van der Waals surface area contributed by atoms with Crippen molar-refractivity contribution in [2.75, 3.05) is 41.4 Å². The molecule has 1 aromatic heterocycles. The van der Waals surface area contributed by atoms with Gasteiger partial charge in [-0.15, -0.1) is 0 Å². The number of likely N-dealkylation sites (tertiary alicyclic amines) is 1. The largest absolute Gasteiger partial charge is 0.507 e. The Balaban J connectivity index is 2.18. The number of benzene rings is 1. The van der Waals surface area contributed by atoms with Gasteiger partial charge in [0.15, 0.2) is 11.5 Å². The lowest BCUT2D eigenvalue weighted by molar-refractivity contribution is -0.858. The fraction of sp³-hybridized carbons (Fsp3) is 0.348. The summed E-state index contributed by atoms with van der Waals surface area (Å²) in [6, 6.07) is 7.69. The Bertz CT molecular complexity index is 988. The molecule has 0 radical (unpaired) electrons. The maximum absolute atomic E-state index is 13.1. The second-order valence-corrected chi connectivity index (χ2v) is 7.62. The second kappa shape index (κ2) is 9.61. The molecule has 1 fully saturated rings. The van der Waals surface area contributed by atoms with E-state index in [1.54, 1.807) is 30.3 Å². The lowest BCUT2D eigenvalue weighted by atomic mass is 9.94. The monoisotopic (exact) mass is 426 g/mol. The fourth-order valence-corrected chi connectivity index (χ4v) is 3.83. The Morgan fingerprint density at radius 1 is 1.13 bits per heavy atom. The van der Waals surface area contributed by atoms with Crippen molar-refractivity contribution in [3.8, 4) is 11.5 Å². The molecule has 1 atom stereocenters. The number of quaternary nitrogens is 1. The summed E-state index contributed by atoms with van der Waals surface area (Å²) in [7, 11) is 7.08. The molecule has 1 saturated heterocycles. The van der Waals surface area contributed by atoms with Crippen LogP contribution >= 0.6 is 0 Å². The zero-order chi connectivity index (χ0) is 22.5. The van der Waals surface area contributed by atoms with Gasteiger partial charge in [0.05, 0.1) is 46.5 Å². The van der Waals surface area contributed by atoms with Crippen LogP contribution in [0.4, 0.5) is 0 Å². The fourth-order valence-electron chi connectivity index (χ4n) is 3.83. The molecule has 1 amide bonds. The van der Waals surface area contributed by atoms with Gasteiger partial charge in [-0.2, -0.15) is 0 Å². The van der Waals surface area contributed by atoms with E-state index in [0.717, 1.165) is 6.54 Å². The first-order valence-corrected chi connectivity index (χ1v) is 10.1. The quantitative estimate of drug-likeness (QED) is 0.372. The summed E-state index contributed by atoms with van der Waals surface area (Å²) < 4.78 is 11.0. The van der Waals surface area contributed by atoms with Gasteiger partial charge in [0.25, 0.3) is 11.7 Å². The number of ketones is 1. The molecule has 0 aliphatic carbocycles. The van der Waals surface area contributed by atoms with Gasteiger partial charge in [-0.3, -0.25) is 14.6 Å². The predicted octanol–water partition coefficient (Wildman–Crippen LogP) is 1.06. The highest BCUT2D eigenvalue weighted by atomic mass is 16.5. The standard InChI is InChI=1S/C23H27N3O5/c1-25(2)13-6-14-26-19(16-7-5-8-17(30-3)22(16)31-4)18(21(28)23(26)29)20(27)15-9-11-24-12-10-15/h5,7-12,19,27H,6,13-14H2,1-4H3/p+1/t19-/m0/s1. The Hall–Kier alpha value is -3.39. The molecule has 31 heavy (non-hydrogen) atoms. The summed E-state index contributed by atoms with van der Waals surface area (Å²) in [5, 5.41) is 11.0. The number of nitrogens with zero attached hydrogens (tertiary/aromatic N) is 2. The highest BCUT2D eigenvalue weighted by molar-refractivity contribution is 6.46. The number of aliphatic hydroxyl groups is 1. The molecule has 1 aliphatic rings. The number of ether oxygens (including phenoxy) is 2. The Kier molecular flexibility index (Phi) is 6.91. The summed E-state index contributed by atoms with van der Waals surface area (Å²) in [6.07, 6.45) is 3.74. The first-order chi connectivity index (χ1) is 14.9. The van der Waals surface area contributed by atoms with Gasteiger partial charge < -0.3 is 24.4 Å². The molecular formula is C23H28N3O5+. The van der Waals surface area contributed by atoms with Gasteiger partial charge in [-0.1, -0.05) is 12.1 Å². The van der Waals surface area contributed by atoms with Crippen molar-refractivity contribution in [3.05, 3.63) is 59.4 Å². The molecule has 8 nitrogen and oxygen atoms in total. The molecule has 1 aliphatic heterocycles. The average Bonchev–Trinajstić information content (AvgIpc) is 3.03. The van der Waals surface area contributed by atoms with Crippen molar-refractivity contribution in [1.82, 2.24) is 9.88 Å². The Morgan fingerprint density at radius 3 is 2.45 bits per heavy atom. The number of aromatic nitrogens is 1. The number of rotatable bonds is 8. The van der Waals surface area contributed by atoms with Crippen molar-refractivity contribution in [1.29, 1.82) is 0 Å². The molecule has 2 aromatic rings. The summed E-state index contributed by atoms with van der Waals surface area (Å²) >= 11 is 0. The molecular weight excluding hydrogens is 398 g/mol. The minimum atomic E-state index is -0.796. The number of carbonyl (C=O) groups is 2. The molecule has 0 saturated carbocycles. The van der Waals surface area contributed by atoms with Crippen LogP contribution in [0.25, 0.3) is 5.76 Å². The van der Waals surface area contributed by atoms with Gasteiger partial charge >= 0.3 is 0 Å². The van der Waals surface area contributed by atoms with Crippen LogP contribution in [0, 0.1) is 0 Å². The van der Waals surface area contributed by atoms with Crippen LogP contribution in [0.1, 0.15) is 23.6 Å². The molecule has 3 rings (SSSR count). The van der Waals surface area contributed by atoms with Crippen molar-refractivity contribution in [2.45, 2.75) is 12.5 Å². The Morgan fingerprint density at radius 2 is 1.84 bits per heavy atom. The van der Waals surface area contributed by atoms with E-state index in [4.69, 9.17) is 9.47 Å². The maximum atomic E-state index is 13.1. The topological polar surface area (TPSA) is 93.4 Å². The number of nitrogens with one attached hydrogen (secondary N) is 1. The molecule has 8 heteroatoms. The number of methoxy groups -OCH3 is 2. The lowest BCUT2D eigenvalue weighted by Crippen LogP contribution is -3.05. The van der Waals surface area contributed by atoms with Crippen molar-refractivity contribution < 1.29 is 29.1 Å².